The molecule has 0 unspecified atom stereocenters. The molecule has 1 aliphatic heterocycles. The minimum Gasteiger partial charge on any atom is -0.352 e. The summed E-state index contributed by atoms with van der Waals surface area (Å²) in [6.45, 7) is 4.52. The van der Waals surface area contributed by atoms with Crippen molar-refractivity contribution in [1.82, 2.24) is 10.2 Å². The number of amides is 2. The zero-order chi connectivity index (χ0) is 15.3. The third kappa shape index (κ3) is 2.11. The SMILES string of the molecule is CC1(C)C(=O)NCCN1C(=O)C1(c2ccc(F)cc2)CC1. The number of carbonyl (C=O) groups is 2. The standard InChI is InChI=1S/C16H19FN2O2/c1-15(2)13(20)18-9-10-19(15)14(21)16(7-8-16)11-3-5-12(17)6-4-11/h3-6H,7-10H2,1-2H3,(H,18,20). The van der Waals surface area contributed by atoms with Gasteiger partial charge in [-0.1, -0.05) is 12.1 Å². The number of hydrogen-bond donors (Lipinski definition) is 1. The van der Waals surface area contributed by atoms with E-state index >= 15 is 0 Å². The number of halogens is 1. The van der Waals surface area contributed by atoms with Gasteiger partial charge >= 0.3 is 0 Å². The molecule has 0 atom stereocenters. The van der Waals surface area contributed by atoms with Gasteiger partial charge in [0.2, 0.25) is 11.8 Å². The molecule has 0 radical (unpaired) electrons. The Morgan fingerprint density at radius 1 is 1.24 bits per heavy atom. The van der Waals surface area contributed by atoms with Crippen LogP contribution in [0, 0.1) is 5.82 Å². The number of nitrogens with zero attached hydrogens (tertiary/aromatic N) is 1. The first-order chi connectivity index (χ1) is 9.88. The van der Waals surface area contributed by atoms with E-state index < -0.39 is 11.0 Å². The summed E-state index contributed by atoms with van der Waals surface area (Å²) in [4.78, 5) is 26.7. The second-order valence-electron chi connectivity index (χ2n) is 6.36. The molecule has 2 aliphatic rings. The van der Waals surface area contributed by atoms with Crippen LogP contribution in [0.25, 0.3) is 0 Å². The van der Waals surface area contributed by atoms with Crippen LogP contribution in [0.2, 0.25) is 0 Å². The first-order valence-corrected chi connectivity index (χ1v) is 7.24. The zero-order valence-electron chi connectivity index (χ0n) is 12.3. The number of hydrogen-bond acceptors (Lipinski definition) is 2. The van der Waals surface area contributed by atoms with E-state index in [0.29, 0.717) is 13.1 Å². The quantitative estimate of drug-likeness (QED) is 0.899. The Bertz CT molecular complexity index is 591. The fourth-order valence-electron chi connectivity index (χ4n) is 3.03. The average Bonchev–Trinajstić information content (AvgIpc) is 3.23. The molecule has 1 aromatic rings. The van der Waals surface area contributed by atoms with E-state index in [-0.39, 0.29) is 17.6 Å². The molecule has 1 N–H and O–H groups in total. The first kappa shape index (κ1) is 14.0. The van der Waals surface area contributed by atoms with Crippen molar-refractivity contribution in [3.05, 3.63) is 35.6 Å². The van der Waals surface area contributed by atoms with Gasteiger partial charge in [-0.3, -0.25) is 9.59 Å². The third-order valence-electron chi connectivity index (χ3n) is 4.65. The van der Waals surface area contributed by atoms with E-state index in [1.807, 2.05) is 0 Å². The lowest BCUT2D eigenvalue weighted by Crippen LogP contribution is -2.65. The molecule has 0 spiro atoms. The van der Waals surface area contributed by atoms with E-state index in [1.54, 1.807) is 30.9 Å². The van der Waals surface area contributed by atoms with Crippen LogP contribution in [0.15, 0.2) is 24.3 Å². The number of rotatable bonds is 2. The largest absolute Gasteiger partial charge is 0.352 e. The maximum atomic E-state index is 13.1. The third-order valence-corrected chi connectivity index (χ3v) is 4.65. The fraction of sp³-hybridized carbons (Fsp3) is 0.500. The monoisotopic (exact) mass is 290 g/mol. The summed E-state index contributed by atoms with van der Waals surface area (Å²) in [6, 6.07) is 6.13. The molecule has 4 nitrogen and oxygen atoms in total. The van der Waals surface area contributed by atoms with Gasteiger partial charge in [-0.25, -0.2) is 4.39 Å². The Labute approximate surface area is 123 Å². The van der Waals surface area contributed by atoms with Crippen LogP contribution in [0.3, 0.4) is 0 Å². The van der Waals surface area contributed by atoms with Gasteiger partial charge in [0.1, 0.15) is 11.4 Å². The van der Waals surface area contributed by atoms with Gasteiger partial charge in [0.05, 0.1) is 5.41 Å². The van der Waals surface area contributed by atoms with Crippen LogP contribution >= 0.6 is 0 Å². The molecule has 1 saturated carbocycles. The van der Waals surface area contributed by atoms with Crippen molar-refractivity contribution in [2.45, 2.75) is 37.6 Å². The van der Waals surface area contributed by atoms with Crippen LogP contribution < -0.4 is 5.32 Å². The number of nitrogens with one attached hydrogen (secondary N) is 1. The Balaban J connectivity index is 1.91. The van der Waals surface area contributed by atoms with Crippen LogP contribution in [0.1, 0.15) is 32.3 Å². The van der Waals surface area contributed by atoms with E-state index in [0.717, 1.165) is 18.4 Å². The highest BCUT2D eigenvalue weighted by Gasteiger charge is 2.56. The van der Waals surface area contributed by atoms with Gasteiger partial charge in [0.25, 0.3) is 0 Å². The van der Waals surface area contributed by atoms with Crippen molar-refractivity contribution in [2.75, 3.05) is 13.1 Å². The van der Waals surface area contributed by atoms with E-state index in [9.17, 15) is 14.0 Å². The lowest BCUT2D eigenvalue weighted by molar-refractivity contribution is -0.151. The summed E-state index contributed by atoms with van der Waals surface area (Å²) in [5, 5.41) is 2.79. The molecule has 0 aromatic heterocycles. The zero-order valence-corrected chi connectivity index (χ0v) is 12.3. The summed E-state index contributed by atoms with van der Waals surface area (Å²) in [7, 11) is 0. The van der Waals surface area contributed by atoms with E-state index in [4.69, 9.17) is 0 Å². The second kappa shape index (κ2) is 4.55. The molecule has 3 rings (SSSR count). The highest BCUT2D eigenvalue weighted by atomic mass is 19.1. The maximum absolute atomic E-state index is 13.1. The molecule has 1 aromatic carbocycles. The summed E-state index contributed by atoms with van der Waals surface area (Å²) in [5.74, 6) is -0.453. The van der Waals surface area contributed by atoms with Crippen LogP contribution in [0.4, 0.5) is 4.39 Å². The Kier molecular flexibility index (Phi) is 3.04. The summed E-state index contributed by atoms with van der Waals surface area (Å²) in [5.41, 5.74) is -0.566. The van der Waals surface area contributed by atoms with Gasteiger partial charge in [-0.2, -0.15) is 0 Å². The maximum Gasteiger partial charge on any atom is 0.245 e. The van der Waals surface area contributed by atoms with Gasteiger partial charge in [-0.05, 0) is 44.4 Å². The molecule has 1 heterocycles. The summed E-state index contributed by atoms with van der Waals surface area (Å²) in [6.07, 6.45) is 1.51. The topological polar surface area (TPSA) is 49.4 Å². The molecule has 112 valence electrons. The van der Waals surface area contributed by atoms with Crippen molar-refractivity contribution in [2.24, 2.45) is 0 Å². The van der Waals surface area contributed by atoms with Crippen molar-refractivity contribution in [3.63, 3.8) is 0 Å². The van der Waals surface area contributed by atoms with E-state index in [2.05, 4.69) is 5.32 Å². The number of benzene rings is 1. The smallest absolute Gasteiger partial charge is 0.245 e. The predicted octanol–water partition coefficient (Wildman–Crippen LogP) is 1.59. The molecule has 1 aliphatic carbocycles. The molecule has 2 fully saturated rings. The second-order valence-corrected chi connectivity index (χ2v) is 6.36. The fourth-order valence-corrected chi connectivity index (χ4v) is 3.03. The molecular weight excluding hydrogens is 271 g/mol. The van der Waals surface area contributed by atoms with Crippen molar-refractivity contribution in [1.29, 1.82) is 0 Å². The van der Waals surface area contributed by atoms with Gasteiger partial charge in [0, 0.05) is 13.1 Å². The highest BCUT2D eigenvalue weighted by Crippen LogP contribution is 2.50. The van der Waals surface area contributed by atoms with Crippen LogP contribution in [0.5, 0.6) is 0 Å². The summed E-state index contributed by atoms with van der Waals surface area (Å²) < 4.78 is 13.1. The van der Waals surface area contributed by atoms with Crippen LogP contribution in [-0.2, 0) is 15.0 Å². The molecule has 2 amide bonds. The lowest BCUT2D eigenvalue weighted by atomic mass is 9.90. The van der Waals surface area contributed by atoms with Gasteiger partial charge in [0.15, 0.2) is 0 Å². The van der Waals surface area contributed by atoms with Gasteiger partial charge in [-0.15, -0.1) is 0 Å². The van der Waals surface area contributed by atoms with Crippen LogP contribution in [-0.4, -0.2) is 35.3 Å². The van der Waals surface area contributed by atoms with Crippen molar-refractivity contribution < 1.29 is 14.0 Å². The number of piperazine rings is 1. The summed E-state index contributed by atoms with van der Waals surface area (Å²) >= 11 is 0. The average molecular weight is 290 g/mol. The lowest BCUT2D eigenvalue weighted by Gasteiger charge is -2.43. The predicted molar refractivity (Wildman–Crippen MR) is 76.1 cm³/mol. The number of carbonyl (C=O) groups excluding carboxylic acids is 2. The Morgan fingerprint density at radius 2 is 1.86 bits per heavy atom. The first-order valence-electron chi connectivity index (χ1n) is 7.24. The van der Waals surface area contributed by atoms with Gasteiger partial charge < -0.3 is 10.2 Å². The van der Waals surface area contributed by atoms with Crippen molar-refractivity contribution in [3.8, 4) is 0 Å². The van der Waals surface area contributed by atoms with E-state index in [1.165, 1.54) is 12.1 Å². The Morgan fingerprint density at radius 3 is 2.43 bits per heavy atom. The highest BCUT2D eigenvalue weighted by molar-refractivity contribution is 5.97. The molecule has 21 heavy (non-hydrogen) atoms. The molecule has 5 heteroatoms. The van der Waals surface area contributed by atoms with Crippen molar-refractivity contribution >= 4 is 11.8 Å². The normalized spacial score (nSPS) is 22.6. The molecule has 0 bridgehead atoms. The minimum absolute atomic E-state index is 0.0195. The Hall–Kier alpha value is -1.91. The molecular formula is C16H19FN2O2. The minimum atomic E-state index is -0.842. The molecule has 1 saturated heterocycles.